The van der Waals surface area contributed by atoms with Crippen LogP contribution in [0, 0.1) is 13.8 Å². The molecule has 0 saturated carbocycles. The summed E-state index contributed by atoms with van der Waals surface area (Å²) in [6, 6.07) is 10.8. The van der Waals surface area contributed by atoms with Gasteiger partial charge in [-0.3, -0.25) is 0 Å². The lowest BCUT2D eigenvalue weighted by molar-refractivity contribution is 0.0698. The molecule has 0 unspecified atom stereocenters. The van der Waals surface area contributed by atoms with Crippen LogP contribution in [-0.2, 0) is 0 Å². The van der Waals surface area contributed by atoms with Crippen LogP contribution in [0.2, 0.25) is 5.02 Å². The number of rotatable bonds is 3. The standard InChI is InChI=1S/C15H14ClNO2/c1-9-4-6-13(11(7-9)15(18)19)17-14-8-10(2)3-5-12(14)16/h3-8,17H,1-2H3,(H,18,19). The Balaban J connectivity index is 2.43. The Hall–Kier alpha value is -2.00. The van der Waals surface area contributed by atoms with Gasteiger partial charge in [0.2, 0.25) is 0 Å². The van der Waals surface area contributed by atoms with Crippen LogP contribution < -0.4 is 5.32 Å². The molecule has 0 heterocycles. The maximum atomic E-state index is 11.2. The van der Waals surface area contributed by atoms with Crippen LogP contribution in [-0.4, -0.2) is 11.1 Å². The highest BCUT2D eigenvalue weighted by molar-refractivity contribution is 6.33. The summed E-state index contributed by atoms with van der Waals surface area (Å²) in [7, 11) is 0. The lowest BCUT2D eigenvalue weighted by atomic mass is 10.1. The van der Waals surface area contributed by atoms with Gasteiger partial charge < -0.3 is 10.4 Å². The van der Waals surface area contributed by atoms with E-state index in [2.05, 4.69) is 5.32 Å². The minimum atomic E-state index is -0.963. The van der Waals surface area contributed by atoms with Crippen molar-refractivity contribution in [2.75, 3.05) is 5.32 Å². The van der Waals surface area contributed by atoms with Gasteiger partial charge in [-0.25, -0.2) is 4.79 Å². The summed E-state index contributed by atoms with van der Waals surface area (Å²) in [6.45, 7) is 3.81. The molecule has 0 fully saturated rings. The van der Waals surface area contributed by atoms with Gasteiger partial charge in [-0.2, -0.15) is 0 Å². The number of nitrogens with one attached hydrogen (secondary N) is 1. The average Bonchev–Trinajstić information content (AvgIpc) is 2.35. The van der Waals surface area contributed by atoms with E-state index < -0.39 is 5.97 Å². The van der Waals surface area contributed by atoms with E-state index >= 15 is 0 Å². The number of carboxylic acids is 1. The molecule has 0 bridgehead atoms. The second-order valence-corrected chi connectivity index (χ2v) is 4.87. The van der Waals surface area contributed by atoms with E-state index in [1.807, 2.05) is 32.0 Å². The fourth-order valence-corrected chi connectivity index (χ4v) is 1.99. The molecule has 2 N–H and O–H groups in total. The number of hydrogen-bond donors (Lipinski definition) is 2. The molecule has 19 heavy (non-hydrogen) atoms. The van der Waals surface area contributed by atoms with E-state index in [-0.39, 0.29) is 5.56 Å². The fraction of sp³-hybridized carbons (Fsp3) is 0.133. The van der Waals surface area contributed by atoms with Crippen LogP contribution >= 0.6 is 11.6 Å². The first kappa shape index (κ1) is 13.4. The number of aryl methyl sites for hydroxylation is 2. The van der Waals surface area contributed by atoms with Crippen molar-refractivity contribution in [1.29, 1.82) is 0 Å². The number of carbonyl (C=O) groups is 1. The van der Waals surface area contributed by atoms with Crippen molar-refractivity contribution >= 4 is 28.9 Å². The topological polar surface area (TPSA) is 49.3 Å². The van der Waals surface area contributed by atoms with Gasteiger partial charge in [0.15, 0.2) is 0 Å². The number of carboxylic acid groups (broad SMARTS) is 1. The highest BCUT2D eigenvalue weighted by Gasteiger charge is 2.11. The molecule has 2 rings (SSSR count). The van der Waals surface area contributed by atoms with Crippen LogP contribution in [0.1, 0.15) is 21.5 Å². The lowest BCUT2D eigenvalue weighted by Gasteiger charge is -2.12. The predicted octanol–water partition coefficient (Wildman–Crippen LogP) is 4.40. The molecule has 0 aliphatic rings. The Morgan fingerprint density at radius 3 is 2.37 bits per heavy atom. The van der Waals surface area contributed by atoms with Crippen molar-refractivity contribution in [1.82, 2.24) is 0 Å². The van der Waals surface area contributed by atoms with Crippen molar-refractivity contribution in [3.63, 3.8) is 0 Å². The van der Waals surface area contributed by atoms with Crippen LogP contribution in [0.4, 0.5) is 11.4 Å². The zero-order valence-corrected chi connectivity index (χ0v) is 11.5. The van der Waals surface area contributed by atoms with Crippen LogP contribution in [0.15, 0.2) is 36.4 Å². The van der Waals surface area contributed by atoms with Crippen LogP contribution in [0.3, 0.4) is 0 Å². The first-order chi connectivity index (χ1) is 8.97. The molecule has 2 aromatic carbocycles. The second kappa shape index (κ2) is 5.33. The third-order valence-corrected chi connectivity index (χ3v) is 3.13. The van der Waals surface area contributed by atoms with E-state index in [1.54, 1.807) is 18.2 Å². The highest BCUT2D eigenvalue weighted by atomic mass is 35.5. The van der Waals surface area contributed by atoms with E-state index in [4.69, 9.17) is 11.6 Å². The SMILES string of the molecule is Cc1ccc(Cl)c(Nc2ccc(C)cc2C(=O)O)c1. The normalized spacial score (nSPS) is 10.3. The first-order valence-electron chi connectivity index (χ1n) is 5.84. The minimum absolute atomic E-state index is 0.234. The molecule has 0 saturated heterocycles. The summed E-state index contributed by atoms with van der Waals surface area (Å²) >= 11 is 6.10. The summed E-state index contributed by atoms with van der Waals surface area (Å²) in [4.78, 5) is 11.2. The summed E-state index contributed by atoms with van der Waals surface area (Å²) < 4.78 is 0. The fourth-order valence-electron chi connectivity index (χ4n) is 1.82. The van der Waals surface area contributed by atoms with Gasteiger partial charge in [-0.05, 0) is 43.7 Å². The van der Waals surface area contributed by atoms with Crippen molar-refractivity contribution in [2.24, 2.45) is 0 Å². The Morgan fingerprint density at radius 1 is 1.05 bits per heavy atom. The van der Waals surface area contributed by atoms with E-state index in [9.17, 15) is 9.90 Å². The predicted molar refractivity (Wildman–Crippen MR) is 77.6 cm³/mol. The quantitative estimate of drug-likeness (QED) is 0.873. The minimum Gasteiger partial charge on any atom is -0.478 e. The van der Waals surface area contributed by atoms with Crippen molar-refractivity contribution in [3.05, 3.63) is 58.1 Å². The van der Waals surface area contributed by atoms with Crippen molar-refractivity contribution < 1.29 is 9.90 Å². The summed E-state index contributed by atoms with van der Waals surface area (Å²) in [6.07, 6.45) is 0. The summed E-state index contributed by atoms with van der Waals surface area (Å²) in [5.41, 5.74) is 3.42. The zero-order valence-electron chi connectivity index (χ0n) is 10.7. The highest BCUT2D eigenvalue weighted by Crippen LogP contribution is 2.28. The number of anilines is 2. The molecule has 2 aromatic rings. The second-order valence-electron chi connectivity index (χ2n) is 4.46. The zero-order chi connectivity index (χ0) is 14.0. The van der Waals surface area contributed by atoms with Crippen LogP contribution in [0.5, 0.6) is 0 Å². The Bertz CT molecular complexity index is 638. The number of halogens is 1. The number of benzene rings is 2. The Labute approximate surface area is 116 Å². The molecule has 0 spiro atoms. The molecule has 98 valence electrons. The average molecular weight is 276 g/mol. The van der Waals surface area contributed by atoms with E-state index in [1.165, 1.54) is 0 Å². The maximum Gasteiger partial charge on any atom is 0.337 e. The third-order valence-electron chi connectivity index (χ3n) is 2.80. The maximum absolute atomic E-state index is 11.2. The van der Waals surface area contributed by atoms with Gasteiger partial charge in [-0.1, -0.05) is 29.3 Å². The number of hydrogen-bond acceptors (Lipinski definition) is 2. The smallest absolute Gasteiger partial charge is 0.337 e. The Kier molecular flexibility index (Phi) is 3.76. The molecule has 0 aliphatic heterocycles. The molecule has 0 amide bonds. The molecule has 0 atom stereocenters. The molecule has 4 heteroatoms. The van der Waals surface area contributed by atoms with Gasteiger partial charge in [-0.15, -0.1) is 0 Å². The molecule has 0 radical (unpaired) electrons. The first-order valence-corrected chi connectivity index (χ1v) is 6.22. The van der Waals surface area contributed by atoms with Crippen molar-refractivity contribution in [2.45, 2.75) is 13.8 Å². The van der Waals surface area contributed by atoms with E-state index in [0.29, 0.717) is 16.4 Å². The third kappa shape index (κ3) is 3.06. The van der Waals surface area contributed by atoms with Gasteiger partial charge in [0, 0.05) is 0 Å². The summed E-state index contributed by atoms with van der Waals surface area (Å²) in [5, 5.41) is 12.9. The summed E-state index contributed by atoms with van der Waals surface area (Å²) in [5.74, 6) is -0.963. The molecule has 0 aromatic heterocycles. The van der Waals surface area contributed by atoms with Gasteiger partial charge in [0.05, 0.1) is 22.0 Å². The van der Waals surface area contributed by atoms with Gasteiger partial charge in [0.25, 0.3) is 0 Å². The van der Waals surface area contributed by atoms with Crippen LogP contribution in [0.25, 0.3) is 0 Å². The lowest BCUT2D eigenvalue weighted by Crippen LogP contribution is -2.03. The van der Waals surface area contributed by atoms with Crippen molar-refractivity contribution in [3.8, 4) is 0 Å². The molecular weight excluding hydrogens is 262 g/mol. The Morgan fingerprint density at radius 2 is 1.68 bits per heavy atom. The number of aromatic carboxylic acids is 1. The largest absolute Gasteiger partial charge is 0.478 e. The van der Waals surface area contributed by atoms with E-state index in [0.717, 1.165) is 11.1 Å². The molecular formula is C15H14ClNO2. The molecule has 3 nitrogen and oxygen atoms in total. The monoisotopic (exact) mass is 275 g/mol. The van der Waals surface area contributed by atoms with Gasteiger partial charge >= 0.3 is 5.97 Å². The van der Waals surface area contributed by atoms with Gasteiger partial charge in [0.1, 0.15) is 0 Å². The molecule has 0 aliphatic carbocycles.